The zero-order valence-electron chi connectivity index (χ0n) is 13.2. The molecule has 1 N–H and O–H groups in total. The third-order valence-electron chi connectivity index (χ3n) is 4.59. The van der Waals surface area contributed by atoms with Crippen molar-refractivity contribution < 1.29 is 9.47 Å². The molecule has 0 aliphatic carbocycles. The van der Waals surface area contributed by atoms with Gasteiger partial charge in [-0.25, -0.2) is 0 Å². The minimum absolute atomic E-state index is 0. The first-order valence-electron chi connectivity index (χ1n) is 7.41. The van der Waals surface area contributed by atoms with E-state index >= 15 is 0 Å². The molecular weight excluding hydrogens is 323 g/mol. The first kappa shape index (κ1) is 19.5. The van der Waals surface area contributed by atoms with Gasteiger partial charge in [0.2, 0.25) is 0 Å². The van der Waals surface area contributed by atoms with Gasteiger partial charge in [0, 0.05) is 31.8 Å². The number of hydrogen-bond acceptors (Lipinski definition) is 4. The maximum absolute atomic E-state index is 5.39. The van der Waals surface area contributed by atoms with Gasteiger partial charge in [0.1, 0.15) is 5.75 Å². The van der Waals surface area contributed by atoms with E-state index in [0.717, 1.165) is 36.4 Å². The second kappa shape index (κ2) is 8.94. The lowest BCUT2D eigenvalue weighted by Gasteiger charge is -2.23. The molecule has 126 valence electrons. The van der Waals surface area contributed by atoms with E-state index in [2.05, 4.69) is 28.4 Å². The van der Waals surface area contributed by atoms with Crippen LogP contribution < -0.4 is 10.1 Å². The molecule has 1 aromatic carbocycles. The normalized spacial score (nSPS) is 23.5. The second-order valence-corrected chi connectivity index (χ2v) is 5.82. The van der Waals surface area contributed by atoms with Crippen LogP contribution in [-0.2, 0) is 17.9 Å². The first-order chi connectivity index (χ1) is 9.81. The summed E-state index contributed by atoms with van der Waals surface area (Å²) in [6.07, 6.45) is 1.33. The monoisotopic (exact) mass is 348 g/mol. The van der Waals surface area contributed by atoms with E-state index < -0.39 is 0 Å². The quantitative estimate of drug-likeness (QED) is 0.886. The number of likely N-dealkylation sites (tertiary alicyclic amines) is 1. The van der Waals surface area contributed by atoms with E-state index in [4.69, 9.17) is 9.47 Å². The molecule has 1 aromatic rings. The number of benzene rings is 1. The number of nitrogens with one attached hydrogen (secondary N) is 1. The highest BCUT2D eigenvalue weighted by atomic mass is 35.5. The Morgan fingerprint density at radius 1 is 1.23 bits per heavy atom. The molecule has 6 heteroatoms. The molecule has 2 heterocycles. The third kappa shape index (κ3) is 4.06. The molecule has 2 aliphatic rings. The number of nitrogens with zero attached hydrogens (tertiary/aromatic N) is 1. The van der Waals surface area contributed by atoms with Gasteiger partial charge in [-0.3, -0.25) is 4.90 Å². The molecule has 2 atom stereocenters. The topological polar surface area (TPSA) is 33.7 Å². The van der Waals surface area contributed by atoms with Gasteiger partial charge in [-0.1, -0.05) is 6.07 Å². The van der Waals surface area contributed by atoms with Gasteiger partial charge < -0.3 is 14.8 Å². The summed E-state index contributed by atoms with van der Waals surface area (Å²) < 4.78 is 10.6. The Morgan fingerprint density at radius 2 is 2.05 bits per heavy atom. The lowest BCUT2D eigenvalue weighted by molar-refractivity contribution is 0.181. The van der Waals surface area contributed by atoms with Crippen LogP contribution in [0.2, 0.25) is 0 Å². The van der Waals surface area contributed by atoms with E-state index in [-0.39, 0.29) is 24.8 Å². The minimum atomic E-state index is 0. The van der Waals surface area contributed by atoms with E-state index in [1.165, 1.54) is 25.1 Å². The van der Waals surface area contributed by atoms with Crippen molar-refractivity contribution in [3.8, 4) is 5.75 Å². The van der Waals surface area contributed by atoms with Crippen LogP contribution in [0.4, 0.5) is 0 Å². The number of ether oxygens (including phenoxy) is 2. The summed E-state index contributed by atoms with van der Waals surface area (Å²) in [6, 6.07) is 7.18. The van der Waals surface area contributed by atoms with Crippen LogP contribution in [0.1, 0.15) is 17.5 Å². The van der Waals surface area contributed by atoms with E-state index in [0.29, 0.717) is 6.61 Å². The Morgan fingerprint density at radius 3 is 2.77 bits per heavy atom. The maximum atomic E-state index is 5.39. The SMILES string of the molecule is COCc1cc(CN2CC[C@H]3CNC[C@H]32)ccc1OC.Cl.Cl. The Kier molecular flexibility index (Phi) is 7.94. The third-order valence-corrected chi connectivity index (χ3v) is 4.59. The largest absolute Gasteiger partial charge is 0.496 e. The van der Waals surface area contributed by atoms with Crippen molar-refractivity contribution in [2.45, 2.75) is 25.6 Å². The van der Waals surface area contributed by atoms with Crippen LogP contribution in [0.3, 0.4) is 0 Å². The Bertz CT molecular complexity index is 473. The van der Waals surface area contributed by atoms with Crippen molar-refractivity contribution in [3.63, 3.8) is 0 Å². The molecule has 0 radical (unpaired) electrons. The summed E-state index contributed by atoms with van der Waals surface area (Å²) in [5, 5.41) is 3.51. The summed E-state index contributed by atoms with van der Waals surface area (Å²) in [6.45, 7) is 5.20. The predicted molar refractivity (Wildman–Crippen MR) is 93.4 cm³/mol. The standard InChI is InChI=1S/C16H24N2O2.2ClH/c1-19-11-14-7-12(3-4-16(14)20-2)10-18-6-5-13-8-17-9-15(13)18;;/h3-4,7,13,15,17H,5-6,8-11H2,1-2H3;2*1H/t13-,15+;;/m0../s1. The Hall–Kier alpha value is -0.520. The van der Waals surface area contributed by atoms with Gasteiger partial charge in [0.15, 0.2) is 0 Å². The van der Waals surface area contributed by atoms with Crippen molar-refractivity contribution in [2.75, 3.05) is 33.9 Å². The molecule has 0 saturated carbocycles. The minimum Gasteiger partial charge on any atom is -0.496 e. The second-order valence-electron chi connectivity index (χ2n) is 5.82. The lowest BCUT2D eigenvalue weighted by atomic mass is 10.0. The molecule has 2 aliphatic heterocycles. The van der Waals surface area contributed by atoms with Crippen molar-refractivity contribution in [1.29, 1.82) is 0 Å². The number of fused-ring (bicyclic) bond motifs is 1. The van der Waals surface area contributed by atoms with Gasteiger partial charge in [-0.05, 0) is 43.1 Å². The van der Waals surface area contributed by atoms with E-state index in [9.17, 15) is 0 Å². The fraction of sp³-hybridized carbons (Fsp3) is 0.625. The average molecular weight is 349 g/mol. The van der Waals surface area contributed by atoms with Crippen LogP contribution in [0.15, 0.2) is 18.2 Å². The number of methoxy groups -OCH3 is 2. The van der Waals surface area contributed by atoms with Crippen LogP contribution in [0.5, 0.6) is 5.75 Å². The fourth-order valence-corrected chi connectivity index (χ4v) is 3.57. The Labute approximate surface area is 145 Å². The van der Waals surface area contributed by atoms with Crippen LogP contribution in [0.25, 0.3) is 0 Å². The van der Waals surface area contributed by atoms with Gasteiger partial charge in [0.25, 0.3) is 0 Å². The molecular formula is C16H26Cl2N2O2. The van der Waals surface area contributed by atoms with E-state index in [1.807, 2.05) is 0 Å². The molecule has 0 aromatic heterocycles. The highest BCUT2D eigenvalue weighted by Gasteiger charge is 2.37. The maximum Gasteiger partial charge on any atom is 0.124 e. The van der Waals surface area contributed by atoms with Crippen LogP contribution in [-0.4, -0.2) is 44.8 Å². The Balaban J connectivity index is 0.00000121. The molecule has 0 amide bonds. The van der Waals surface area contributed by atoms with Gasteiger partial charge in [-0.2, -0.15) is 0 Å². The summed E-state index contributed by atoms with van der Waals surface area (Å²) in [7, 11) is 3.44. The molecule has 0 spiro atoms. The van der Waals surface area contributed by atoms with Crippen molar-refractivity contribution >= 4 is 24.8 Å². The van der Waals surface area contributed by atoms with Crippen molar-refractivity contribution in [2.24, 2.45) is 5.92 Å². The molecule has 2 fully saturated rings. The number of rotatable bonds is 5. The lowest BCUT2D eigenvalue weighted by Crippen LogP contribution is -2.33. The highest BCUT2D eigenvalue weighted by Crippen LogP contribution is 2.29. The molecule has 22 heavy (non-hydrogen) atoms. The summed E-state index contributed by atoms with van der Waals surface area (Å²) in [4.78, 5) is 2.61. The average Bonchev–Trinajstić information content (AvgIpc) is 3.05. The molecule has 2 saturated heterocycles. The van der Waals surface area contributed by atoms with Gasteiger partial charge in [0.05, 0.1) is 13.7 Å². The summed E-state index contributed by atoms with van der Waals surface area (Å²) in [5.74, 6) is 1.77. The van der Waals surface area contributed by atoms with E-state index in [1.54, 1.807) is 14.2 Å². The summed E-state index contributed by atoms with van der Waals surface area (Å²) >= 11 is 0. The van der Waals surface area contributed by atoms with Gasteiger partial charge in [-0.15, -0.1) is 24.8 Å². The predicted octanol–water partition coefficient (Wildman–Crippen LogP) is 2.48. The van der Waals surface area contributed by atoms with Crippen molar-refractivity contribution in [1.82, 2.24) is 10.2 Å². The molecule has 0 unspecified atom stereocenters. The molecule has 4 nitrogen and oxygen atoms in total. The first-order valence-corrected chi connectivity index (χ1v) is 7.41. The van der Waals surface area contributed by atoms with Gasteiger partial charge >= 0.3 is 0 Å². The smallest absolute Gasteiger partial charge is 0.124 e. The van der Waals surface area contributed by atoms with Crippen LogP contribution in [0, 0.1) is 5.92 Å². The fourth-order valence-electron chi connectivity index (χ4n) is 3.57. The van der Waals surface area contributed by atoms with Crippen molar-refractivity contribution in [3.05, 3.63) is 29.3 Å². The zero-order chi connectivity index (χ0) is 13.9. The van der Waals surface area contributed by atoms with Crippen LogP contribution >= 0.6 is 24.8 Å². The molecule has 3 rings (SSSR count). The zero-order valence-corrected chi connectivity index (χ0v) is 14.8. The number of halogens is 2. The molecule has 0 bridgehead atoms. The summed E-state index contributed by atoms with van der Waals surface area (Å²) in [5.41, 5.74) is 2.48. The highest BCUT2D eigenvalue weighted by molar-refractivity contribution is 5.85. The number of hydrogen-bond donors (Lipinski definition) is 1.